The van der Waals surface area contributed by atoms with Gasteiger partial charge in [0.25, 0.3) is 0 Å². The molecule has 0 aromatic heterocycles. The molecule has 1 heterocycles. The first kappa shape index (κ1) is 17.9. The van der Waals surface area contributed by atoms with Crippen molar-refractivity contribution in [1.82, 2.24) is 0 Å². The van der Waals surface area contributed by atoms with Gasteiger partial charge in [-0.1, -0.05) is 6.42 Å². The molecule has 1 N–H and O–H groups in total. The Morgan fingerprint density at radius 1 is 1.15 bits per heavy atom. The van der Waals surface area contributed by atoms with Crippen molar-refractivity contribution in [2.24, 2.45) is 17.8 Å². The Balaban J connectivity index is 1.36. The number of ketones is 2. The molecule has 4 atom stereocenters. The predicted octanol–water partition coefficient (Wildman–Crippen LogP) is 2.86. The Morgan fingerprint density at radius 2 is 1.85 bits per heavy atom. The molecule has 6 heteroatoms. The maximum absolute atomic E-state index is 12.4. The van der Waals surface area contributed by atoms with Gasteiger partial charge in [-0.15, -0.1) is 0 Å². The molecule has 2 saturated carbocycles. The van der Waals surface area contributed by atoms with Crippen LogP contribution in [0.25, 0.3) is 0 Å². The van der Waals surface area contributed by atoms with E-state index < -0.39 is 0 Å². The van der Waals surface area contributed by atoms with Crippen LogP contribution in [0.4, 0.5) is 5.69 Å². The summed E-state index contributed by atoms with van der Waals surface area (Å²) in [5.41, 5.74) is 1.94. The molecule has 1 amide bonds. The van der Waals surface area contributed by atoms with E-state index in [1.165, 1.54) is 0 Å². The summed E-state index contributed by atoms with van der Waals surface area (Å²) in [4.78, 5) is 48.7. The van der Waals surface area contributed by atoms with Crippen LogP contribution in [-0.2, 0) is 19.1 Å². The summed E-state index contributed by atoms with van der Waals surface area (Å²) in [6.45, 7) is 1.48. The van der Waals surface area contributed by atoms with Crippen LogP contribution in [0, 0.1) is 17.8 Å². The number of nitrogens with one attached hydrogen (secondary N) is 1. The number of fused-ring (bicyclic) bond motifs is 3. The van der Waals surface area contributed by atoms with E-state index in [1.54, 1.807) is 25.1 Å². The normalized spacial score (nSPS) is 29.1. The van der Waals surface area contributed by atoms with E-state index in [2.05, 4.69) is 5.32 Å². The van der Waals surface area contributed by atoms with Crippen LogP contribution in [0.1, 0.15) is 60.9 Å². The number of ether oxygens (including phenoxy) is 1. The zero-order chi connectivity index (χ0) is 19.1. The van der Waals surface area contributed by atoms with Crippen molar-refractivity contribution in [3.05, 3.63) is 29.3 Å². The fraction of sp³-hybridized carbons (Fsp3) is 0.524. The van der Waals surface area contributed by atoms with Crippen LogP contribution in [0.15, 0.2) is 18.2 Å². The maximum atomic E-state index is 12.4. The number of carbonyl (C=O) groups excluding carboxylic acids is 4. The standard InChI is InChI=1S/C21H23NO5/c1-11-16-9-12(5-6-17(16)22-20(11)25)18(23)10-27-21(26)15-7-13-3-2-4-14(8-15)19(13)24/h5-6,9,11,13-15H,2-4,7-8,10H2,1H3,(H,22,25)/t11-,13-,14+,15?/m0/s1. The van der Waals surface area contributed by atoms with Crippen LogP contribution in [0.2, 0.25) is 0 Å². The minimum absolute atomic E-state index is 0.0195. The third kappa shape index (κ3) is 3.29. The summed E-state index contributed by atoms with van der Waals surface area (Å²) < 4.78 is 5.28. The molecular weight excluding hydrogens is 346 g/mol. The number of Topliss-reactive ketones (excluding diaryl/α,β-unsaturated/α-hetero) is 2. The largest absolute Gasteiger partial charge is 0.457 e. The number of benzene rings is 1. The van der Waals surface area contributed by atoms with Crippen molar-refractivity contribution < 1.29 is 23.9 Å². The highest BCUT2D eigenvalue weighted by atomic mass is 16.5. The highest BCUT2D eigenvalue weighted by Crippen LogP contribution is 2.40. The van der Waals surface area contributed by atoms with Gasteiger partial charge in [0.1, 0.15) is 5.78 Å². The zero-order valence-electron chi connectivity index (χ0n) is 15.3. The molecule has 6 nitrogen and oxygen atoms in total. The molecule has 2 fully saturated rings. The molecule has 142 valence electrons. The van der Waals surface area contributed by atoms with Crippen LogP contribution in [-0.4, -0.2) is 30.0 Å². The average Bonchev–Trinajstić information content (AvgIpc) is 2.93. The molecule has 1 aliphatic heterocycles. The second-order valence-electron chi connectivity index (χ2n) is 7.94. The Hall–Kier alpha value is -2.50. The number of esters is 1. The van der Waals surface area contributed by atoms with Crippen molar-refractivity contribution in [2.45, 2.75) is 44.9 Å². The molecule has 1 aromatic rings. The molecule has 0 saturated heterocycles. The van der Waals surface area contributed by atoms with E-state index in [0.29, 0.717) is 24.2 Å². The molecular formula is C21H23NO5. The van der Waals surface area contributed by atoms with E-state index in [-0.39, 0.29) is 47.9 Å². The molecule has 4 rings (SSSR count). The Bertz CT molecular complexity index is 814. The van der Waals surface area contributed by atoms with E-state index in [1.807, 2.05) is 0 Å². The van der Waals surface area contributed by atoms with Crippen molar-refractivity contribution in [2.75, 3.05) is 11.9 Å². The van der Waals surface area contributed by atoms with Crippen molar-refractivity contribution in [1.29, 1.82) is 0 Å². The fourth-order valence-corrected chi connectivity index (χ4v) is 4.60. The second-order valence-corrected chi connectivity index (χ2v) is 7.94. The van der Waals surface area contributed by atoms with Gasteiger partial charge >= 0.3 is 5.97 Å². The predicted molar refractivity (Wildman–Crippen MR) is 97.3 cm³/mol. The van der Waals surface area contributed by atoms with Gasteiger partial charge in [-0.05, 0) is 56.4 Å². The fourth-order valence-electron chi connectivity index (χ4n) is 4.60. The minimum Gasteiger partial charge on any atom is -0.457 e. The third-order valence-electron chi connectivity index (χ3n) is 6.22. The van der Waals surface area contributed by atoms with Gasteiger partial charge in [0, 0.05) is 23.1 Å². The third-order valence-corrected chi connectivity index (χ3v) is 6.22. The molecule has 2 bridgehead atoms. The lowest BCUT2D eigenvalue weighted by atomic mass is 9.67. The second kappa shape index (κ2) is 6.91. The van der Waals surface area contributed by atoms with Gasteiger partial charge in [0.05, 0.1) is 11.8 Å². The number of anilines is 1. The SMILES string of the molecule is C[C@@H]1C(=O)Nc2ccc(C(=O)COC(=O)C3C[C@H]4CCC[C@@H](C3)C4=O)cc21. The number of carbonyl (C=O) groups is 4. The van der Waals surface area contributed by atoms with Gasteiger partial charge in [-0.2, -0.15) is 0 Å². The highest BCUT2D eigenvalue weighted by molar-refractivity contribution is 6.05. The quantitative estimate of drug-likeness (QED) is 0.651. The summed E-state index contributed by atoms with van der Waals surface area (Å²) in [6.07, 6.45) is 3.87. The number of hydrogen-bond donors (Lipinski definition) is 1. The molecule has 1 aromatic carbocycles. The average molecular weight is 369 g/mol. The smallest absolute Gasteiger partial charge is 0.309 e. The van der Waals surface area contributed by atoms with Crippen molar-refractivity contribution >= 4 is 29.1 Å². The Morgan fingerprint density at radius 3 is 2.56 bits per heavy atom. The first-order valence-corrected chi connectivity index (χ1v) is 9.62. The van der Waals surface area contributed by atoms with Crippen LogP contribution in [0.3, 0.4) is 0 Å². The number of rotatable bonds is 4. The van der Waals surface area contributed by atoms with Crippen molar-refractivity contribution in [3.8, 4) is 0 Å². The van der Waals surface area contributed by atoms with E-state index in [9.17, 15) is 19.2 Å². The topological polar surface area (TPSA) is 89.5 Å². The van der Waals surface area contributed by atoms with E-state index in [4.69, 9.17) is 4.74 Å². The lowest BCUT2D eigenvalue weighted by Crippen LogP contribution is -2.39. The molecule has 0 spiro atoms. The molecule has 3 aliphatic rings. The van der Waals surface area contributed by atoms with E-state index in [0.717, 1.165) is 30.5 Å². The first-order valence-electron chi connectivity index (χ1n) is 9.62. The maximum Gasteiger partial charge on any atom is 0.309 e. The zero-order valence-corrected chi connectivity index (χ0v) is 15.3. The lowest BCUT2D eigenvalue weighted by molar-refractivity contribution is -0.152. The van der Waals surface area contributed by atoms with Gasteiger partial charge in [0.15, 0.2) is 12.4 Å². The van der Waals surface area contributed by atoms with Gasteiger partial charge < -0.3 is 10.1 Å². The molecule has 0 radical (unpaired) electrons. The van der Waals surface area contributed by atoms with Crippen molar-refractivity contribution in [3.63, 3.8) is 0 Å². The Kier molecular flexibility index (Phi) is 4.58. The monoisotopic (exact) mass is 369 g/mol. The van der Waals surface area contributed by atoms with Crippen LogP contribution < -0.4 is 5.32 Å². The summed E-state index contributed by atoms with van der Waals surface area (Å²) in [7, 11) is 0. The number of amides is 1. The highest BCUT2D eigenvalue weighted by Gasteiger charge is 2.42. The lowest BCUT2D eigenvalue weighted by Gasteiger charge is -2.36. The van der Waals surface area contributed by atoms with Crippen LogP contribution in [0.5, 0.6) is 0 Å². The first-order chi connectivity index (χ1) is 12.9. The van der Waals surface area contributed by atoms with E-state index >= 15 is 0 Å². The van der Waals surface area contributed by atoms with Crippen LogP contribution >= 0.6 is 0 Å². The summed E-state index contributed by atoms with van der Waals surface area (Å²) in [6, 6.07) is 5.04. The summed E-state index contributed by atoms with van der Waals surface area (Å²) in [5.74, 6) is -1.07. The van der Waals surface area contributed by atoms with Gasteiger partial charge in [0.2, 0.25) is 5.91 Å². The number of hydrogen-bond acceptors (Lipinski definition) is 5. The molecule has 27 heavy (non-hydrogen) atoms. The van der Waals surface area contributed by atoms with Gasteiger partial charge in [-0.25, -0.2) is 0 Å². The molecule has 2 aliphatic carbocycles. The Labute approximate surface area is 157 Å². The van der Waals surface area contributed by atoms with Gasteiger partial charge in [-0.3, -0.25) is 19.2 Å². The summed E-state index contributed by atoms with van der Waals surface area (Å²) in [5, 5.41) is 2.77. The molecule has 1 unspecified atom stereocenters. The minimum atomic E-state index is -0.376. The summed E-state index contributed by atoms with van der Waals surface area (Å²) >= 11 is 0.